The van der Waals surface area contributed by atoms with E-state index in [-0.39, 0.29) is 25.5 Å². The second kappa shape index (κ2) is 23.4. The van der Waals surface area contributed by atoms with Gasteiger partial charge in [0.15, 0.2) is 5.44 Å². The molecular formula is C27H55NO7S. The number of nitrogens with zero attached hydrogens (tertiary/aromatic N) is 1. The quantitative estimate of drug-likeness (QED) is 0.0988. The topological polar surface area (TPSA) is 124 Å². The van der Waals surface area contributed by atoms with E-state index in [0.29, 0.717) is 13.0 Å². The zero-order chi connectivity index (χ0) is 27.1. The zero-order valence-corrected chi connectivity index (χ0v) is 23.9. The van der Waals surface area contributed by atoms with E-state index >= 15 is 0 Å². The normalized spacial score (nSPS) is 13.6. The van der Waals surface area contributed by atoms with E-state index < -0.39 is 28.2 Å². The summed E-state index contributed by atoms with van der Waals surface area (Å²) in [4.78, 5) is 13.8. The van der Waals surface area contributed by atoms with E-state index in [1.54, 1.807) is 0 Å². The minimum atomic E-state index is -4.70. The average Bonchev–Trinajstić information content (AvgIpc) is 2.83. The van der Waals surface area contributed by atoms with Crippen LogP contribution in [0.15, 0.2) is 0 Å². The van der Waals surface area contributed by atoms with Crippen LogP contribution < -0.4 is 0 Å². The van der Waals surface area contributed by atoms with E-state index in [1.807, 2.05) is 0 Å². The largest absolute Gasteiger partial charge is 0.389 e. The Bertz CT molecular complexity index is 615. The van der Waals surface area contributed by atoms with Gasteiger partial charge in [0.05, 0.1) is 19.3 Å². The van der Waals surface area contributed by atoms with Crippen LogP contribution in [-0.4, -0.2) is 71.8 Å². The Balaban J connectivity index is 4.21. The van der Waals surface area contributed by atoms with E-state index in [1.165, 1.54) is 70.6 Å². The molecule has 0 spiro atoms. The van der Waals surface area contributed by atoms with Crippen molar-refractivity contribution >= 4 is 16.0 Å². The van der Waals surface area contributed by atoms with Crippen molar-refractivity contribution in [2.75, 3.05) is 26.3 Å². The molecule has 0 heterocycles. The van der Waals surface area contributed by atoms with Crippen LogP contribution in [0.2, 0.25) is 0 Å². The maximum atomic E-state index is 12.6. The summed E-state index contributed by atoms with van der Waals surface area (Å²) < 4.78 is 37.1. The van der Waals surface area contributed by atoms with E-state index in [0.717, 1.165) is 37.0 Å². The van der Waals surface area contributed by atoms with Gasteiger partial charge in [0.2, 0.25) is 5.91 Å². The lowest BCUT2D eigenvalue weighted by Gasteiger charge is -2.26. The van der Waals surface area contributed by atoms with Crippen LogP contribution in [0.3, 0.4) is 0 Å². The molecule has 0 saturated heterocycles. The van der Waals surface area contributed by atoms with Gasteiger partial charge < -0.3 is 19.8 Å². The van der Waals surface area contributed by atoms with Crippen LogP contribution >= 0.6 is 0 Å². The third kappa shape index (κ3) is 21.4. The predicted octanol–water partition coefficient (Wildman–Crippen LogP) is 5.46. The van der Waals surface area contributed by atoms with Gasteiger partial charge in [-0.1, -0.05) is 110 Å². The van der Waals surface area contributed by atoms with Gasteiger partial charge in [-0.05, 0) is 12.8 Å². The first-order valence-electron chi connectivity index (χ1n) is 14.4. The Morgan fingerprint density at radius 3 is 1.64 bits per heavy atom. The van der Waals surface area contributed by atoms with Gasteiger partial charge in [0, 0.05) is 19.6 Å². The zero-order valence-electron chi connectivity index (χ0n) is 23.0. The van der Waals surface area contributed by atoms with Crippen molar-refractivity contribution in [1.29, 1.82) is 0 Å². The summed E-state index contributed by atoms with van der Waals surface area (Å²) in [5, 5.41) is 20.1. The molecule has 36 heavy (non-hydrogen) atoms. The number of carbonyl (C=O) groups excluding carboxylic acids is 1. The summed E-state index contributed by atoms with van der Waals surface area (Å²) in [6.07, 6.45) is 18.7. The fourth-order valence-electron chi connectivity index (χ4n) is 4.17. The molecule has 0 radical (unpaired) electrons. The SMILES string of the molecule is CCCCCCCCCCCCOCC(O)CN(CC(O)S(=O)(=O)O)C(=O)CCCCCCCCC. The Kier molecular flexibility index (Phi) is 22.9. The maximum absolute atomic E-state index is 12.6. The van der Waals surface area contributed by atoms with Gasteiger partial charge in [0.25, 0.3) is 10.1 Å². The molecule has 0 aromatic rings. The highest BCUT2D eigenvalue weighted by atomic mass is 32.2. The van der Waals surface area contributed by atoms with Gasteiger partial charge in [-0.15, -0.1) is 0 Å². The predicted molar refractivity (Wildman–Crippen MR) is 145 cm³/mol. The summed E-state index contributed by atoms with van der Waals surface area (Å²) in [6, 6.07) is 0. The highest BCUT2D eigenvalue weighted by Crippen LogP contribution is 2.12. The van der Waals surface area contributed by atoms with Crippen LogP contribution in [0, 0.1) is 0 Å². The molecule has 1 amide bonds. The van der Waals surface area contributed by atoms with Crippen molar-refractivity contribution in [2.45, 2.75) is 141 Å². The fourth-order valence-corrected chi connectivity index (χ4v) is 4.54. The second-order valence-corrected chi connectivity index (χ2v) is 11.6. The first-order chi connectivity index (χ1) is 17.2. The molecule has 2 unspecified atom stereocenters. The molecule has 0 aromatic carbocycles. The van der Waals surface area contributed by atoms with Crippen molar-refractivity contribution in [3.05, 3.63) is 0 Å². The standard InChI is InChI=1S/C27H55NO7S/c1-3-5-7-9-11-12-13-15-17-19-21-35-24-25(29)22-28(23-27(31)36(32,33)34)26(30)20-18-16-14-10-8-6-4-2/h25,27,29,31H,3-24H2,1-2H3,(H,32,33,34). The molecule has 0 fully saturated rings. The van der Waals surface area contributed by atoms with Crippen LogP contribution in [0.25, 0.3) is 0 Å². The number of aliphatic hydroxyl groups is 2. The molecule has 0 aliphatic carbocycles. The number of carbonyl (C=O) groups is 1. The maximum Gasteiger partial charge on any atom is 0.293 e. The van der Waals surface area contributed by atoms with E-state index in [4.69, 9.17) is 9.29 Å². The monoisotopic (exact) mass is 537 g/mol. The third-order valence-corrected chi connectivity index (χ3v) is 7.29. The molecule has 0 aromatic heterocycles. The van der Waals surface area contributed by atoms with Gasteiger partial charge in [-0.2, -0.15) is 8.42 Å². The average molecular weight is 538 g/mol. The molecule has 8 nitrogen and oxygen atoms in total. The van der Waals surface area contributed by atoms with E-state index in [9.17, 15) is 23.4 Å². The molecule has 3 N–H and O–H groups in total. The lowest BCUT2D eigenvalue weighted by Crippen LogP contribution is -2.45. The third-order valence-electron chi connectivity index (χ3n) is 6.45. The molecular weight excluding hydrogens is 482 g/mol. The summed E-state index contributed by atoms with van der Waals surface area (Å²) >= 11 is 0. The molecule has 2 atom stereocenters. The van der Waals surface area contributed by atoms with Gasteiger partial charge in [-0.3, -0.25) is 9.35 Å². The van der Waals surface area contributed by atoms with Crippen molar-refractivity contribution in [3.8, 4) is 0 Å². The van der Waals surface area contributed by atoms with Gasteiger partial charge in [-0.25, -0.2) is 0 Å². The summed E-state index contributed by atoms with van der Waals surface area (Å²) in [6.45, 7) is 4.20. The van der Waals surface area contributed by atoms with Crippen LogP contribution in [0.4, 0.5) is 0 Å². The summed E-state index contributed by atoms with van der Waals surface area (Å²) in [5.41, 5.74) is -2.10. The molecule has 0 rings (SSSR count). The minimum Gasteiger partial charge on any atom is -0.389 e. The first-order valence-corrected chi connectivity index (χ1v) is 15.9. The number of aliphatic hydroxyl groups excluding tert-OH is 2. The number of hydrogen-bond acceptors (Lipinski definition) is 6. The van der Waals surface area contributed by atoms with Crippen LogP contribution in [-0.2, 0) is 19.6 Å². The lowest BCUT2D eigenvalue weighted by molar-refractivity contribution is -0.134. The second-order valence-electron chi connectivity index (χ2n) is 10.1. The van der Waals surface area contributed by atoms with Crippen molar-refractivity contribution in [2.24, 2.45) is 0 Å². The molecule has 216 valence electrons. The Hall–Kier alpha value is -0.740. The van der Waals surface area contributed by atoms with Crippen molar-refractivity contribution in [1.82, 2.24) is 4.90 Å². The number of rotatable bonds is 26. The van der Waals surface area contributed by atoms with Crippen LogP contribution in [0.5, 0.6) is 0 Å². The van der Waals surface area contributed by atoms with Crippen molar-refractivity contribution in [3.63, 3.8) is 0 Å². The smallest absolute Gasteiger partial charge is 0.293 e. The number of ether oxygens (including phenoxy) is 1. The Morgan fingerprint density at radius 1 is 0.722 bits per heavy atom. The Labute approximate surface area is 220 Å². The highest BCUT2D eigenvalue weighted by molar-refractivity contribution is 7.86. The van der Waals surface area contributed by atoms with Crippen molar-refractivity contribution < 1.29 is 32.7 Å². The molecule has 0 aliphatic heterocycles. The number of amides is 1. The summed E-state index contributed by atoms with van der Waals surface area (Å²) in [7, 11) is -4.70. The van der Waals surface area contributed by atoms with Gasteiger partial charge in [0.1, 0.15) is 0 Å². The number of hydrogen-bond donors (Lipinski definition) is 3. The fraction of sp³-hybridized carbons (Fsp3) is 0.963. The molecule has 0 aliphatic rings. The van der Waals surface area contributed by atoms with Crippen LogP contribution in [0.1, 0.15) is 129 Å². The Morgan fingerprint density at radius 2 is 1.17 bits per heavy atom. The number of unbranched alkanes of at least 4 members (excludes halogenated alkanes) is 15. The molecule has 0 saturated carbocycles. The van der Waals surface area contributed by atoms with E-state index in [2.05, 4.69) is 13.8 Å². The molecule has 9 heteroatoms. The molecule has 0 bridgehead atoms. The minimum absolute atomic E-state index is 0.0284. The summed E-state index contributed by atoms with van der Waals surface area (Å²) in [5.74, 6) is -0.347. The first kappa shape index (κ1) is 35.3. The highest BCUT2D eigenvalue weighted by Gasteiger charge is 2.27. The van der Waals surface area contributed by atoms with Gasteiger partial charge >= 0.3 is 0 Å². The lowest BCUT2D eigenvalue weighted by atomic mass is 10.1.